The Hall–Kier alpha value is -1.39. The molecule has 0 saturated heterocycles. The Morgan fingerprint density at radius 1 is 1.44 bits per heavy atom. The number of rotatable bonds is 3. The fourth-order valence-corrected chi connectivity index (χ4v) is 2.47. The smallest absolute Gasteiger partial charge is 0.310 e. The third-order valence-electron chi connectivity index (χ3n) is 3.40. The molecule has 1 fully saturated rings. The van der Waals surface area contributed by atoms with Crippen LogP contribution in [-0.2, 0) is 11.2 Å². The van der Waals surface area contributed by atoms with Crippen molar-refractivity contribution in [3.05, 3.63) is 11.6 Å². The minimum absolute atomic E-state index is 0.451. The predicted molar refractivity (Wildman–Crippen MR) is 58.0 cm³/mol. The van der Waals surface area contributed by atoms with Gasteiger partial charge in [0.15, 0.2) is 5.82 Å². The molecule has 0 spiro atoms. The molecule has 0 amide bonds. The number of nitrogens with one attached hydrogen (secondary N) is 1. The molecule has 0 atom stereocenters. The summed E-state index contributed by atoms with van der Waals surface area (Å²) in [5, 5.41) is 16.2. The summed E-state index contributed by atoms with van der Waals surface area (Å²) in [4.78, 5) is 15.6. The van der Waals surface area contributed by atoms with Crippen LogP contribution in [0.15, 0.2) is 0 Å². The highest BCUT2D eigenvalue weighted by molar-refractivity contribution is 5.75. The predicted octanol–water partition coefficient (Wildman–Crippen LogP) is 1.69. The summed E-state index contributed by atoms with van der Waals surface area (Å²) in [6.45, 7) is 1.82. The molecule has 2 rings (SSSR count). The number of aliphatic carboxylic acids is 1. The molecule has 0 aliphatic heterocycles. The lowest BCUT2D eigenvalue weighted by Gasteiger charge is -2.32. The summed E-state index contributed by atoms with van der Waals surface area (Å²) in [5.41, 5.74) is -0.632. The molecular formula is C11H17N3O2. The van der Waals surface area contributed by atoms with Gasteiger partial charge in [-0.3, -0.25) is 9.89 Å². The topological polar surface area (TPSA) is 78.9 Å². The fraction of sp³-hybridized carbons (Fsp3) is 0.727. The lowest BCUT2D eigenvalue weighted by atomic mass is 9.72. The van der Waals surface area contributed by atoms with Gasteiger partial charge in [-0.05, 0) is 19.8 Å². The summed E-state index contributed by atoms with van der Waals surface area (Å²) < 4.78 is 0. The molecule has 1 saturated carbocycles. The molecule has 16 heavy (non-hydrogen) atoms. The zero-order valence-corrected chi connectivity index (χ0v) is 9.49. The monoisotopic (exact) mass is 223 g/mol. The average molecular weight is 223 g/mol. The highest BCUT2D eigenvalue weighted by atomic mass is 16.4. The minimum Gasteiger partial charge on any atom is -0.481 e. The number of nitrogens with zero attached hydrogens (tertiary/aromatic N) is 2. The van der Waals surface area contributed by atoms with Crippen LogP contribution in [0.5, 0.6) is 0 Å². The molecule has 0 aromatic carbocycles. The van der Waals surface area contributed by atoms with E-state index in [1.54, 1.807) is 0 Å². The van der Waals surface area contributed by atoms with Crippen LogP contribution in [0.25, 0.3) is 0 Å². The van der Waals surface area contributed by atoms with Gasteiger partial charge in [-0.2, -0.15) is 5.10 Å². The quantitative estimate of drug-likeness (QED) is 0.817. The van der Waals surface area contributed by atoms with Crippen LogP contribution in [0.4, 0.5) is 0 Å². The van der Waals surface area contributed by atoms with Crippen LogP contribution in [0.1, 0.15) is 43.8 Å². The van der Waals surface area contributed by atoms with E-state index in [1.165, 1.54) is 0 Å². The molecule has 1 aromatic heterocycles. The summed E-state index contributed by atoms with van der Waals surface area (Å²) in [6, 6.07) is 0. The molecule has 1 aliphatic carbocycles. The summed E-state index contributed by atoms with van der Waals surface area (Å²) in [5.74, 6) is 0.669. The lowest BCUT2D eigenvalue weighted by molar-refractivity contribution is -0.151. The first-order valence-electron chi connectivity index (χ1n) is 5.74. The van der Waals surface area contributed by atoms with Gasteiger partial charge in [-0.15, -0.1) is 0 Å². The largest absolute Gasteiger partial charge is 0.481 e. The Kier molecular flexibility index (Phi) is 2.94. The van der Waals surface area contributed by atoms with E-state index in [4.69, 9.17) is 0 Å². The summed E-state index contributed by atoms with van der Waals surface area (Å²) in [6.07, 6.45) is 5.08. The average Bonchev–Trinajstić information content (AvgIpc) is 2.65. The molecule has 0 radical (unpaired) electrons. The highest BCUT2D eigenvalue weighted by Crippen LogP contribution is 2.38. The Labute approximate surface area is 94.3 Å². The maximum Gasteiger partial charge on any atom is 0.310 e. The first-order valence-corrected chi connectivity index (χ1v) is 5.74. The number of H-pyrrole nitrogens is 1. The molecule has 1 heterocycles. The van der Waals surface area contributed by atoms with Crippen molar-refractivity contribution in [3.63, 3.8) is 0 Å². The van der Waals surface area contributed by atoms with Gasteiger partial charge in [0.2, 0.25) is 0 Å². The number of carboxylic acids is 1. The first kappa shape index (κ1) is 11.1. The Balaban J connectivity index is 2.16. The van der Waals surface area contributed by atoms with E-state index < -0.39 is 11.4 Å². The molecule has 88 valence electrons. The zero-order valence-electron chi connectivity index (χ0n) is 9.49. The van der Waals surface area contributed by atoms with Gasteiger partial charge in [0.1, 0.15) is 5.82 Å². The van der Waals surface area contributed by atoms with E-state index in [0.29, 0.717) is 12.2 Å². The van der Waals surface area contributed by atoms with Gasteiger partial charge in [0, 0.05) is 6.42 Å². The number of carboxylic acid groups (broad SMARTS) is 1. The second-order valence-electron chi connectivity index (χ2n) is 4.66. The van der Waals surface area contributed by atoms with E-state index in [-0.39, 0.29) is 0 Å². The van der Waals surface area contributed by atoms with E-state index in [9.17, 15) is 9.90 Å². The van der Waals surface area contributed by atoms with Gasteiger partial charge in [0.25, 0.3) is 0 Å². The number of hydrogen-bond donors (Lipinski definition) is 2. The van der Waals surface area contributed by atoms with E-state index in [2.05, 4.69) is 15.2 Å². The molecular weight excluding hydrogens is 206 g/mol. The SMILES string of the molecule is Cc1nc(CC2(C(=O)O)CCCCC2)n[nH]1. The van der Waals surface area contributed by atoms with E-state index in [1.807, 2.05) is 6.92 Å². The van der Waals surface area contributed by atoms with E-state index >= 15 is 0 Å². The second-order valence-corrected chi connectivity index (χ2v) is 4.66. The lowest BCUT2D eigenvalue weighted by Crippen LogP contribution is -2.35. The molecule has 5 nitrogen and oxygen atoms in total. The maximum atomic E-state index is 11.4. The molecule has 1 aromatic rings. The molecule has 5 heteroatoms. The molecule has 1 aliphatic rings. The normalized spacial score (nSPS) is 19.6. The third kappa shape index (κ3) is 2.08. The Morgan fingerprint density at radius 3 is 2.62 bits per heavy atom. The minimum atomic E-state index is -0.699. The van der Waals surface area contributed by atoms with Gasteiger partial charge in [-0.1, -0.05) is 19.3 Å². The summed E-state index contributed by atoms with van der Waals surface area (Å²) >= 11 is 0. The Bertz CT molecular complexity index is 380. The third-order valence-corrected chi connectivity index (χ3v) is 3.40. The molecule has 2 N–H and O–H groups in total. The van der Waals surface area contributed by atoms with Crippen LogP contribution in [0, 0.1) is 12.3 Å². The molecule has 0 bridgehead atoms. The van der Waals surface area contributed by atoms with Crippen molar-refractivity contribution < 1.29 is 9.90 Å². The number of aromatic amines is 1. The van der Waals surface area contributed by atoms with Crippen LogP contribution >= 0.6 is 0 Å². The number of carbonyl (C=O) groups is 1. The van der Waals surface area contributed by atoms with Gasteiger partial charge in [-0.25, -0.2) is 4.98 Å². The van der Waals surface area contributed by atoms with Crippen LogP contribution < -0.4 is 0 Å². The van der Waals surface area contributed by atoms with Gasteiger partial charge >= 0.3 is 5.97 Å². The van der Waals surface area contributed by atoms with Crippen LogP contribution in [-0.4, -0.2) is 26.3 Å². The first-order chi connectivity index (χ1) is 7.62. The van der Waals surface area contributed by atoms with Crippen molar-refractivity contribution in [3.8, 4) is 0 Å². The van der Waals surface area contributed by atoms with Crippen molar-refractivity contribution in [2.75, 3.05) is 0 Å². The van der Waals surface area contributed by atoms with Crippen LogP contribution in [0.2, 0.25) is 0 Å². The Morgan fingerprint density at radius 2 is 2.12 bits per heavy atom. The van der Waals surface area contributed by atoms with Crippen LogP contribution in [0.3, 0.4) is 0 Å². The standard InChI is InChI=1S/C11H17N3O2/c1-8-12-9(14-13-8)7-11(10(15)16)5-3-2-4-6-11/h2-7H2,1H3,(H,15,16)(H,12,13,14). The highest BCUT2D eigenvalue weighted by Gasteiger charge is 2.40. The number of aromatic nitrogens is 3. The number of hydrogen-bond acceptors (Lipinski definition) is 3. The van der Waals surface area contributed by atoms with Crippen molar-refractivity contribution in [2.24, 2.45) is 5.41 Å². The van der Waals surface area contributed by atoms with Crippen molar-refractivity contribution in [1.29, 1.82) is 0 Å². The van der Waals surface area contributed by atoms with Crippen molar-refractivity contribution in [1.82, 2.24) is 15.2 Å². The fourth-order valence-electron chi connectivity index (χ4n) is 2.47. The summed E-state index contributed by atoms with van der Waals surface area (Å²) in [7, 11) is 0. The zero-order chi connectivity index (χ0) is 11.6. The van der Waals surface area contributed by atoms with Crippen molar-refractivity contribution in [2.45, 2.75) is 45.4 Å². The number of aryl methyl sites for hydroxylation is 1. The maximum absolute atomic E-state index is 11.4. The van der Waals surface area contributed by atoms with E-state index in [0.717, 1.165) is 37.9 Å². The van der Waals surface area contributed by atoms with Crippen molar-refractivity contribution >= 4 is 5.97 Å². The second kappa shape index (κ2) is 4.23. The van der Waals surface area contributed by atoms with Gasteiger partial charge in [0.05, 0.1) is 5.41 Å². The van der Waals surface area contributed by atoms with Gasteiger partial charge < -0.3 is 5.11 Å². The molecule has 0 unspecified atom stereocenters.